The maximum atomic E-state index is 12.1. The van der Waals surface area contributed by atoms with Crippen molar-refractivity contribution in [1.29, 1.82) is 0 Å². The standard InChI is InChI=1S/C16H22N2O3/c1-21-13-6-4-5-12(11-13)9-10-17-16(20)14-7-2-3-8-15(19)18-14/h4-6,11,14H,2-3,7-10H2,1H3,(H,17,20)(H,18,19). The van der Waals surface area contributed by atoms with Crippen LogP contribution in [-0.4, -0.2) is 31.5 Å². The molecule has 1 saturated heterocycles. The van der Waals surface area contributed by atoms with Crippen LogP contribution in [0.4, 0.5) is 0 Å². The molecular formula is C16H22N2O3. The Labute approximate surface area is 125 Å². The molecule has 1 fully saturated rings. The van der Waals surface area contributed by atoms with Crippen LogP contribution in [0, 0.1) is 0 Å². The van der Waals surface area contributed by atoms with Crippen LogP contribution < -0.4 is 15.4 Å². The Balaban J connectivity index is 1.79. The number of rotatable bonds is 5. The minimum Gasteiger partial charge on any atom is -0.497 e. The average Bonchev–Trinajstić information content (AvgIpc) is 2.72. The van der Waals surface area contributed by atoms with E-state index in [2.05, 4.69) is 10.6 Å². The van der Waals surface area contributed by atoms with Gasteiger partial charge in [0.2, 0.25) is 11.8 Å². The second-order valence-corrected chi connectivity index (χ2v) is 5.26. The molecule has 5 nitrogen and oxygen atoms in total. The Hall–Kier alpha value is -2.04. The minimum absolute atomic E-state index is 0.0274. The second-order valence-electron chi connectivity index (χ2n) is 5.26. The zero-order chi connectivity index (χ0) is 15.1. The summed E-state index contributed by atoms with van der Waals surface area (Å²) in [5.74, 6) is 0.698. The summed E-state index contributed by atoms with van der Waals surface area (Å²) in [4.78, 5) is 23.5. The van der Waals surface area contributed by atoms with Gasteiger partial charge in [0.15, 0.2) is 0 Å². The van der Waals surface area contributed by atoms with Crippen LogP contribution >= 0.6 is 0 Å². The highest BCUT2D eigenvalue weighted by Crippen LogP contribution is 2.13. The van der Waals surface area contributed by atoms with E-state index in [1.54, 1.807) is 7.11 Å². The van der Waals surface area contributed by atoms with Gasteiger partial charge < -0.3 is 15.4 Å². The number of benzene rings is 1. The first kappa shape index (κ1) is 15.4. The fraction of sp³-hybridized carbons (Fsp3) is 0.500. The summed E-state index contributed by atoms with van der Waals surface area (Å²) in [6.45, 7) is 0.554. The van der Waals surface area contributed by atoms with Gasteiger partial charge >= 0.3 is 0 Å². The van der Waals surface area contributed by atoms with E-state index in [0.717, 1.165) is 37.0 Å². The summed E-state index contributed by atoms with van der Waals surface area (Å²) in [7, 11) is 1.63. The van der Waals surface area contributed by atoms with Crippen LogP contribution in [0.3, 0.4) is 0 Å². The molecular weight excluding hydrogens is 268 g/mol. The number of amides is 2. The van der Waals surface area contributed by atoms with Gasteiger partial charge in [0.1, 0.15) is 11.8 Å². The molecule has 1 unspecified atom stereocenters. The molecule has 0 aliphatic carbocycles. The Morgan fingerprint density at radius 3 is 3.10 bits per heavy atom. The Kier molecular flexibility index (Phi) is 5.60. The molecule has 2 amide bonds. The summed E-state index contributed by atoms with van der Waals surface area (Å²) in [6, 6.07) is 7.40. The summed E-state index contributed by atoms with van der Waals surface area (Å²) >= 11 is 0. The third kappa shape index (κ3) is 4.77. The first-order valence-corrected chi connectivity index (χ1v) is 7.39. The quantitative estimate of drug-likeness (QED) is 0.861. The van der Waals surface area contributed by atoms with Crippen molar-refractivity contribution in [2.75, 3.05) is 13.7 Å². The van der Waals surface area contributed by atoms with Gasteiger partial charge in [0.25, 0.3) is 0 Å². The molecule has 1 aliphatic rings. The molecule has 1 atom stereocenters. The molecule has 0 spiro atoms. The van der Waals surface area contributed by atoms with E-state index in [-0.39, 0.29) is 17.9 Å². The summed E-state index contributed by atoms with van der Waals surface area (Å²) in [5.41, 5.74) is 1.11. The maximum absolute atomic E-state index is 12.1. The topological polar surface area (TPSA) is 67.4 Å². The monoisotopic (exact) mass is 290 g/mol. The lowest BCUT2D eigenvalue weighted by Gasteiger charge is -2.15. The lowest BCUT2D eigenvalue weighted by atomic mass is 10.1. The maximum Gasteiger partial charge on any atom is 0.242 e. The largest absolute Gasteiger partial charge is 0.497 e. The molecule has 1 aromatic rings. The molecule has 2 N–H and O–H groups in total. The normalized spacial score (nSPS) is 18.5. The highest BCUT2D eigenvalue weighted by Gasteiger charge is 2.22. The van der Waals surface area contributed by atoms with Crippen LogP contribution in [-0.2, 0) is 16.0 Å². The lowest BCUT2D eigenvalue weighted by molar-refractivity contribution is -0.128. The highest BCUT2D eigenvalue weighted by atomic mass is 16.5. The molecule has 0 saturated carbocycles. The number of methoxy groups -OCH3 is 1. The van der Waals surface area contributed by atoms with Gasteiger partial charge in [-0.3, -0.25) is 9.59 Å². The molecule has 1 aromatic carbocycles. The lowest BCUT2D eigenvalue weighted by Crippen LogP contribution is -2.46. The third-order valence-electron chi connectivity index (χ3n) is 3.65. The van der Waals surface area contributed by atoms with E-state index in [1.165, 1.54) is 0 Å². The molecule has 2 rings (SSSR count). The van der Waals surface area contributed by atoms with Crippen molar-refractivity contribution in [2.45, 2.75) is 38.1 Å². The third-order valence-corrected chi connectivity index (χ3v) is 3.65. The van der Waals surface area contributed by atoms with Gasteiger partial charge in [-0.25, -0.2) is 0 Å². The Morgan fingerprint density at radius 2 is 2.29 bits per heavy atom. The zero-order valence-electron chi connectivity index (χ0n) is 12.4. The molecule has 0 aromatic heterocycles. The predicted octanol–water partition coefficient (Wildman–Crippen LogP) is 1.41. The number of carbonyl (C=O) groups is 2. The fourth-order valence-corrected chi connectivity index (χ4v) is 2.45. The average molecular weight is 290 g/mol. The first-order valence-electron chi connectivity index (χ1n) is 7.39. The van der Waals surface area contributed by atoms with E-state index in [0.29, 0.717) is 13.0 Å². The Bertz CT molecular complexity index is 502. The van der Waals surface area contributed by atoms with Crippen LogP contribution in [0.5, 0.6) is 5.75 Å². The molecule has 0 bridgehead atoms. The highest BCUT2D eigenvalue weighted by molar-refractivity contribution is 5.87. The van der Waals surface area contributed by atoms with Gasteiger partial charge in [-0.15, -0.1) is 0 Å². The van der Waals surface area contributed by atoms with Gasteiger partial charge in [-0.1, -0.05) is 18.6 Å². The van der Waals surface area contributed by atoms with Gasteiger partial charge in [-0.05, 0) is 37.0 Å². The van der Waals surface area contributed by atoms with Crippen LogP contribution in [0.1, 0.15) is 31.2 Å². The van der Waals surface area contributed by atoms with Gasteiger partial charge in [0, 0.05) is 13.0 Å². The van der Waals surface area contributed by atoms with Crippen molar-refractivity contribution in [3.8, 4) is 5.75 Å². The fourth-order valence-electron chi connectivity index (χ4n) is 2.45. The van der Waals surface area contributed by atoms with E-state index in [1.807, 2.05) is 24.3 Å². The van der Waals surface area contributed by atoms with Crippen LogP contribution in [0.25, 0.3) is 0 Å². The van der Waals surface area contributed by atoms with E-state index in [9.17, 15) is 9.59 Å². The van der Waals surface area contributed by atoms with Crippen molar-refractivity contribution in [1.82, 2.24) is 10.6 Å². The second kappa shape index (κ2) is 7.67. The first-order chi connectivity index (χ1) is 10.2. The van der Waals surface area contributed by atoms with Crippen LogP contribution in [0.15, 0.2) is 24.3 Å². The van der Waals surface area contributed by atoms with E-state index >= 15 is 0 Å². The Morgan fingerprint density at radius 1 is 1.43 bits per heavy atom. The van der Waals surface area contributed by atoms with Crippen molar-refractivity contribution in [3.05, 3.63) is 29.8 Å². The van der Waals surface area contributed by atoms with Crippen LogP contribution in [0.2, 0.25) is 0 Å². The molecule has 21 heavy (non-hydrogen) atoms. The van der Waals surface area contributed by atoms with E-state index < -0.39 is 0 Å². The van der Waals surface area contributed by atoms with Crippen molar-refractivity contribution in [3.63, 3.8) is 0 Å². The van der Waals surface area contributed by atoms with Gasteiger partial charge in [-0.2, -0.15) is 0 Å². The summed E-state index contributed by atoms with van der Waals surface area (Å²) in [6.07, 6.45) is 3.75. The number of hydrogen-bond donors (Lipinski definition) is 2. The smallest absolute Gasteiger partial charge is 0.242 e. The summed E-state index contributed by atoms with van der Waals surface area (Å²) < 4.78 is 5.17. The molecule has 114 valence electrons. The number of ether oxygens (including phenoxy) is 1. The van der Waals surface area contributed by atoms with Crippen molar-refractivity contribution >= 4 is 11.8 Å². The molecule has 5 heteroatoms. The number of hydrogen-bond acceptors (Lipinski definition) is 3. The zero-order valence-corrected chi connectivity index (χ0v) is 12.4. The number of carbonyl (C=O) groups excluding carboxylic acids is 2. The van der Waals surface area contributed by atoms with E-state index in [4.69, 9.17) is 4.74 Å². The van der Waals surface area contributed by atoms with Crippen molar-refractivity contribution in [2.24, 2.45) is 0 Å². The summed E-state index contributed by atoms with van der Waals surface area (Å²) in [5, 5.41) is 5.67. The van der Waals surface area contributed by atoms with Gasteiger partial charge in [0.05, 0.1) is 7.11 Å². The molecule has 1 aliphatic heterocycles. The van der Waals surface area contributed by atoms with Crippen molar-refractivity contribution < 1.29 is 14.3 Å². The SMILES string of the molecule is COc1cccc(CCNC(=O)C2CCCCC(=O)N2)c1. The minimum atomic E-state index is -0.384. The molecule has 1 heterocycles. The molecule has 0 radical (unpaired) electrons. The predicted molar refractivity (Wildman–Crippen MR) is 80.1 cm³/mol. The number of nitrogens with one attached hydrogen (secondary N) is 2.